The molecule has 3 atom stereocenters. The Kier molecular flexibility index (Phi) is 8.91. The summed E-state index contributed by atoms with van der Waals surface area (Å²) in [7, 11) is 0. The van der Waals surface area contributed by atoms with Crippen LogP contribution in [0.2, 0.25) is 0 Å². The molecular weight excluding hydrogens is 500 g/mol. The number of allylic oxidation sites excluding steroid dienone is 2. The van der Waals surface area contributed by atoms with Crippen LogP contribution in [0.3, 0.4) is 0 Å². The van der Waals surface area contributed by atoms with E-state index in [1.54, 1.807) is 36.4 Å². The van der Waals surface area contributed by atoms with E-state index in [2.05, 4.69) is 5.32 Å². The number of ether oxygens (including phenoxy) is 2. The predicted octanol–water partition coefficient (Wildman–Crippen LogP) is 3.54. The summed E-state index contributed by atoms with van der Waals surface area (Å²) in [4.78, 5) is 65.2. The zero-order valence-electron chi connectivity index (χ0n) is 22.0. The van der Waals surface area contributed by atoms with Crippen LogP contribution >= 0.6 is 0 Å². The summed E-state index contributed by atoms with van der Waals surface area (Å²) < 4.78 is 10.5. The summed E-state index contributed by atoms with van der Waals surface area (Å²) in [6, 6.07) is 14.0. The molecule has 1 N–H and O–H groups in total. The van der Waals surface area contributed by atoms with Crippen LogP contribution in [0.5, 0.6) is 0 Å². The largest absolute Gasteiger partial charge is 0.462 e. The molecule has 3 amide bonds. The van der Waals surface area contributed by atoms with Gasteiger partial charge in [0, 0.05) is 12.1 Å². The van der Waals surface area contributed by atoms with Crippen LogP contribution < -0.4 is 5.32 Å². The molecule has 9 heteroatoms. The lowest BCUT2D eigenvalue weighted by atomic mass is 9.85. The van der Waals surface area contributed by atoms with Crippen LogP contribution in [-0.4, -0.2) is 53.8 Å². The maximum Gasteiger partial charge on any atom is 0.338 e. The topological polar surface area (TPSA) is 119 Å². The van der Waals surface area contributed by atoms with Gasteiger partial charge in [-0.25, -0.2) is 9.59 Å². The number of fused-ring (bicyclic) bond motifs is 1. The molecule has 2 aliphatic rings. The van der Waals surface area contributed by atoms with E-state index in [0.717, 1.165) is 10.5 Å². The molecule has 1 saturated heterocycles. The van der Waals surface area contributed by atoms with Gasteiger partial charge in [0.05, 0.1) is 24.0 Å². The molecular formula is C30H32N2O7. The predicted molar refractivity (Wildman–Crippen MR) is 142 cm³/mol. The van der Waals surface area contributed by atoms with Crippen molar-refractivity contribution in [3.63, 3.8) is 0 Å². The van der Waals surface area contributed by atoms with Crippen molar-refractivity contribution in [2.24, 2.45) is 17.8 Å². The van der Waals surface area contributed by atoms with E-state index < -0.39 is 42.3 Å². The van der Waals surface area contributed by atoms with Crippen molar-refractivity contribution in [2.75, 3.05) is 18.5 Å². The highest BCUT2D eigenvalue weighted by molar-refractivity contribution is 6.08. The number of benzene rings is 2. The second kappa shape index (κ2) is 12.5. The Bertz CT molecular complexity index is 1230. The van der Waals surface area contributed by atoms with Crippen LogP contribution in [0.15, 0.2) is 66.7 Å². The molecule has 9 nitrogen and oxygen atoms in total. The van der Waals surface area contributed by atoms with Gasteiger partial charge in [-0.2, -0.15) is 0 Å². The first-order valence-electron chi connectivity index (χ1n) is 13.0. The van der Waals surface area contributed by atoms with Gasteiger partial charge in [-0.05, 0) is 48.6 Å². The summed E-state index contributed by atoms with van der Waals surface area (Å²) in [6.07, 6.45) is 4.75. The van der Waals surface area contributed by atoms with Crippen LogP contribution in [0.4, 0.5) is 5.69 Å². The lowest BCUT2D eigenvalue weighted by Crippen LogP contribution is -2.48. The first-order valence-corrected chi connectivity index (χ1v) is 13.0. The number of imide groups is 1. The highest BCUT2D eigenvalue weighted by Gasteiger charge is 2.51. The molecule has 0 bridgehead atoms. The first-order chi connectivity index (χ1) is 18.7. The fourth-order valence-corrected chi connectivity index (χ4v) is 4.70. The van der Waals surface area contributed by atoms with E-state index in [-0.39, 0.29) is 24.2 Å². The Morgan fingerprint density at radius 2 is 1.51 bits per heavy atom. The Hall–Kier alpha value is -4.27. The van der Waals surface area contributed by atoms with Gasteiger partial charge in [0.2, 0.25) is 11.8 Å². The molecule has 0 spiro atoms. The smallest absolute Gasteiger partial charge is 0.338 e. The molecule has 1 aliphatic carbocycles. The summed E-state index contributed by atoms with van der Waals surface area (Å²) in [5.41, 5.74) is 1.50. The van der Waals surface area contributed by atoms with Crippen LogP contribution in [0, 0.1) is 17.8 Å². The van der Waals surface area contributed by atoms with E-state index in [9.17, 15) is 24.0 Å². The molecule has 204 valence electrons. The van der Waals surface area contributed by atoms with Crippen LogP contribution in [-0.2, 0) is 35.1 Å². The van der Waals surface area contributed by atoms with Crippen molar-refractivity contribution in [1.29, 1.82) is 0 Å². The number of hydrogen-bond donors (Lipinski definition) is 1. The van der Waals surface area contributed by atoms with Crippen molar-refractivity contribution in [3.05, 3.63) is 77.9 Å². The number of carbonyl (C=O) groups is 5. The minimum Gasteiger partial charge on any atom is -0.462 e. The Morgan fingerprint density at radius 1 is 0.897 bits per heavy atom. The fourth-order valence-electron chi connectivity index (χ4n) is 4.70. The lowest BCUT2D eigenvalue weighted by Gasteiger charge is -2.25. The standard InChI is InChI=1S/C30H32N2O7/c1-19(2)17-38-29(36)21-12-14-22(15-13-21)31-26(33)18-39-30(37)25(16-20-8-4-3-5-9-20)32-27(34)23-10-6-7-11-24(23)28(32)35/h3-9,12-15,19,23-25H,10-11,16-18H2,1-2H3,(H,31,33)/t23-,24+,25-/m1/s1. The Morgan fingerprint density at radius 3 is 2.10 bits per heavy atom. The van der Waals surface area contributed by atoms with E-state index >= 15 is 0 Å². The number of carbonyl (C=O) groups excluding carboxylic acids is 5. The quantitative estimate of drug-likeness (QED) is 0.282. The van der Waals surface area contributed by atoms with Gasteiger partial charge in [-0.1, -0.05) is 56.3 Å². The molecule has 2 aromatic rings. The molecule has 1 fully saturated rings. The van der Waals surface area contributed by atoms with Gasteiger partial charge < -0.3 is 14.8 Å². The van der Waals surface area contributed by atoms with Crippen molar-refractivity contribution in [2.45, 2.75) is 39.2 Å². The van der Waals surface area contributed by atoms with Gasteiger partial charge in [0.15, 0.2) is 6.61 Å². The summed E-state index contributed by atoms with van der Waals surface area (Å²) in [5.74, 6) is -3.41. The monoisotopic (exact) mass is 532 g/mol. The SMILES string of the molecule is CC(C)COC(=O)c1ccc(NC(=O)COC(=O)[C@@H](Cc2ccccc2)N2C(=O)[C@H]3CC=CC[C@H]3C2=O)cc1. The molecule has 2 aromatic carbocycles. The number of rotatable bonds is 10. The van der Waals surface area contributed by atoms with E-state index in [4.69, 9.17) is 9.47 Å². The third-order valence-corrected chi connectivity index (χ3v) is 6.69. The highest BCUT2D eigenvalue weighted by atomic mass is 16.5. The third kappa shape index (κ3) is 6.79. The van der Waals surface area contributed by atoms with Crippen LogP contribution in [0.25, 0.3) is 0 Å². The molecule has 0 saturated carbocycles. The average Bonchev–Trinajstić information content (AvgIpc) is 3.19. The average molecular weight is 533 g/mol. The van der Waals surface area contributed by atoms with E-state index in [0.29, 0.717) is 30.7 Å². The summed E-state index contributed by atoms with van der Waals surface area (Å²) in [6.45, 7) is 3.58. The number of amides is 3. The van der Waals surface area contributed by atoms with Gasteiger partial charge in [0.1, 0.15) is 6.04 Å². The molecule has 1 aliphatic heterocycles. The molecule has 39 heavy (non-hydrogen) atoms. The number of anilines is 1. The maximum atomic E-state index is 13.2. The van der Waals surface area contributed by atoms with E-state index in [1.165, 1.54) is 12.1 Å². The molecule has 0 radical (unpaired) electrons. The lowest BCUT2D eigenvalue weighted by molar-refractivity contribution is -0.159. The molecule has 1 heterocycles. The maximum absolute atomic E-state index is 13.2. The van der Waals surface area contributed by atoms with Crippen molar-refractivity contribution in [3.8, 4) is 0 Å². The first kappa shape index (κ1) is 27.8. The summed E-state index contributed by atoms with van der Waals surface area (Å²) in [5, 5.41) is 2.61. The van der Waals surface area contributed by atoms with Crippen molar-refractivity contribution < 1.29 is 33.4 Å². The highest BCUT2D eigenvalue weighted by Crippen LogP contribution is 2.36. The van der Waals surface area contributed by atoms with Gasteiger partial charge in [0.25, 0.3) is 5.91 Å². The van der Waals surface area contributed by atoms with Crippen molar-refractivity contribution >= 4 is 35.3 Å². The van der Waals surface area contributed by atoms with Gasteiger partial charge in [-0.15, -0.1) is 0 Å². The Labute approximate surface area is 227 Å². The molecule has 0 unspecified atom stereocenters. The number of esters is 2. The van der Waals surface area contributed by atoms with Gasteiger partial charge in [-0.3, -0.25) is 19.3 Å². The Balaban J connectivity index is 1.39. The number of nitrogens with one attached hydrogen (secondary N) is 1. The number of nitrogens with zero attached hydrogens (tertiary/aromatic N) is 1. The van der Waals surface area contributed by atoms with E-state index in [1.807, 2.05) is 32.1 Å². The zero-order chi connectivity index (χ0) is 27.9. The second-order valence-electron chi connectivity index (χ2n) is 10.1. The van der Waals surface area contributed by atoms with Crippen LogP contribution in [0.1, 0.15) is 42.6 Å². The number of likely N-dealkylation sites (tertiary alicyclic amines) is 1. The minimum atomic E-state index is -1.18. The number of hydrogen-bond acceptors (Lipinski definition) is 7. The third-order valence-electron chi connectivity index (χ3n) is 6.69. The van der Waals surface area contributed by atoms with Gasteiger partial charge >= 0.3 is 11.9 Å². The zero-order valence-corrected chi connectivity index (χ0v) is 22.0. The second-order valence-corrected chi connectivity index (χ2v) is 10.1. The van der Waals surface area contributed by atoms with Crippen molar-refractivity contribution in [1.82, 2.24) is 4.90 Å². The summed E-state index contributed by atoms with van der Waals surface area (Å²) >= 11 is 0. The molecule has 0 aromatic heterocycles. The minimum absolute atomic E-state index is 0.0833. The fraction of sp³-hybridized carbons (Fsp3) is 0.367. The molecule has 4 rings (SSSR count). The normalized spacial score (nSPS) is 19.0.